The molecule has 1 aromatic heterocycles. The summed E-state index contributed by atoms with van der Waals surface area (Å²) in [7, 11) is 1.55. The summed E-state index contributed by atoms with van der Waals surface area (Å²) in [6.07, 6.45) is 1.73. The second-order valence-corrected chi connectivity index (χ2v) is 13.9. The van der Waals surface area contributed by atoms with Crippen LogP contribution in [0.4, 0.5) is 4.39 Å². The minimum atomic E-state index is -0.797. The molecule has 1 aliphatic heterocycles. The number of methoxy groups -OCH3 is 1. The highest BCUT2D eigenvalue weighted by Gasteiger charge is 2.34. The lowest BCUT2D eigenvalue weighted by molar-refractivity contribution is -0.139. The second-order valence-electron chi connectivity index (χ2n) is 10.6. The smallest absolute Gasteiger partial charge is 0.338 e. The lowest BCUT2D eigenvalue weighted by atomic mass is 9.95. The molecule has 0 N–H and O–H groups in total. The zero-order chi connectivity index (χ0) is 33.1. The van der Waals surface area contributed by atoms with Crippen molar-refractivity contribution < 1.29 is 28.1 Å². The molecule has 0 fully saturated rings. The van der Waals surface area contributed by atoms with E-state index < -0.39 is 12.0 Å². The van der Waals surface area contributed by atoms with E-state index >= 15 is 0 Å². The lowest BCUT2D eigenvalue weighted by Gasteiger charge is -2.25. The molecule has 8 nitrogen and oxygen atoms in total. The fourth-order valence-electron chi connectivity index (χ4n) is 5.03. The predicted molar refractivity (Wildman–Crippen MR) is 192 cm³/mol. The molecule has 0 saturated carbocycles. The summed E-state index contributed by atoms with van der Waals surface area (Å²) < 4.78 is 40.7. The molecule has 5 rings (SSSR count). The van der Waals surface area contributed by atoms with E-state index in [4.69, 9.17) is 18.9 Å². The summed E-state index contributed by atoms with van der Waals surface area (Å²) in [6.45, 7) is 7.59. The molecule has 0 unspecified atom stereocenters. The van der Waals surface area contributed by atoms with Crippen molar-refractivity contribution in [3.05, 3.63) is 115 Å². The molecule has 0 radical (unpaired) electrons. The van der Waals surface area contributed by atoms with Crippen LogP contribution in [0.15, 0.2) is 75.7 Å². The first kappa shape index (κ1) is 34.1. The Hall–Kier alpha value is -3.24. The van der Waals surface area contributed by atoms with Gasteiger partial charge in [0.15, 0.2) is 16.3 Å². The molecule has 4 aromatic rings. The third-order valence-corrected chi connectivity index (χ3v) is 9.62. The fraction of sp³-hybridized carbons (Fsp3) is 0.265. The molecule has 0 saturated heterocycles. The number of hydrogen-bond acceptors (Lipinski definition) is 8. The number of esters is 1. The largest absolute Gasteiger partial charge is 0.493 e. The van der Waals surface area contributed by atoms with Gasteiger partial charge < -0.3 is 18.9 Å². The number of carbonyl (C=O) groups is 1. The third-order valence-electron chi connectivity index (χ3n) is 7.03. The molecule has 2 heterocycles. The molecule has 1 atom stereocenters. The Labute approximate surface area is 296 Å². The zero-order valence-corrected chi connectivity index (χ0v) is 30.9. The van der Waals surface area contributed by atoms with E-state index in [1.165, 1.54) is 22.0 Å². The Morgan fingerprint density at radius 2 is 1.83 bits per heavy atom. The van der Waals surface area contributed by atoms with Crippen LogP contribution < -0.4 is 29.1 Å². The first-order valence-corrected chi connectivity index (χ1v) is 17.4. The third kappa shape index (κ3) is 7.18. The van der Waals surface area contributed by atoms with Gasteiger partial charge in [-0.25, -0.2) is 14.2 Å². The number of aromatic nitrogens is 1. The number of fused-ring (bicyclic) bond motifs is 1. The highest BCUT2D eigenvalue weighted by molar-refractivity contribution is 14.1. The van der Waals surface area contributed by atoms with Crippen LogP contribution in [0.1, 0.15) is 50.4 Å². The highest BCUT2D eigenvalue weighted by atomic mass is 127. The van der Waals surface area contributed by atoms with Gasteiger partial charge >= 0.3 is 5.97 Å². The first-order valence-electron chi connectivity index (χ1n) is 14.4. The van der Waals surface area contributed by atoms with E-state index in [1.54, 1.807) is 57.4 Å². The average Bonchev–Trinajstić information content (AvgIpc) is 3.30. The van der Waals surface area contributed by atoms with Gasteiger partial charge in [0, 0.05) is 5.56 Å². The summed E-state index contributed by atoms with van der Waals surface area (Å²) >= 11 is 5.59. The van der Waals surface area contributed by atoms with E-state index in [-0.39, 0.29) is 36.3 Å². The molecule has 1 aliphatic rings. The summed E-state index contributed by atoms with van der Waals surface area (Å²) in [6, 6.07) is 14.9. The maximum atomic E-state index is 14.1. The van der Waals surface area contributed by atoms with E-state index in [9.17, 15) is 14.0 Å². The van der Waals surface area contributed by atoms with E-state index in [1.807, 2.05) is 32.0 Å². The standard InChI is InChI=1S/C34H31FI2N2O6S/c1-6-43-33(41)29-19(4)38-34-39(30(29)21-11-12-26(45-18(2)3)27(16-21)42-5)32(40)28(46-34)15-20-13-24(36)31(25(37)14-20)44-17-22-9-7-8-10-23(22)35/h7-16,18,30H,6,17H2,1-5H3/b28-15-/t30-/m0/s1. The number of ether oxygens (including phenoxy) is 4. The Balaban J connectivity index is 1.58. The molecular weight excluding hydrogens is 837 g/mol. The van der Waals surface area contributed by atoms with Gasteiger partial charge in [-0.05, 0) is 120 Å². The fourth-order valence-corrected chi connectivity index (χ4v) is 8.20. The van der Waals surface area contributed by atoms with Crippen molar-refractivity contribution in [2.45, 2.75) is 46.4 Å². The van der Waals surface area contributed by atoms with E-state index in [2.05, 4.69) is 50.2 Å². The highest BCUT2D eigenvalue weighted by Crippen LogP contribution is 2.37. The van der Waals surface area contributed by atoms with Crippen LogP contribution >= 0.6 is 56.5 Å². The topological polar surface area (TPSA) is 88.4 Å². The van der Waals surface area contributed by atoms with Gasteiger partial charge in [0.2, 0.25) is 0 Å². The van der Waals surface area contributed by atoms with Crippen LogP contribution in [0.3, 0.4) is 0 Å². The van der Waals surface area contributed by atoms with E-state index in [0.717, 1.165) is 12.7 Å². The minimum absolute atomic E-state index is 0.0757. The van der Waals surface area contributed by atoms with Gasteiger partial charge in [0.05, 0.1) is 48.8 Å². The number of halogens is 3. The van der Waals surface area contributed by atoms with Gasteiger partial charge in [-0.1, -0.05) is 35.6 Å². The summed E-state index contributed by atoms with van der Waals surface area (Å²) in [4.78, 5) is 32.5. The zero-order valence-electron chi connectivity index (χ0n) is 25.7. The van der Waals surface area contributed by atoms with Gasteiger partial charge in [-0.15, -0.1) is 0 Å². The molecule has 46 heavy (non-hydrogen) atoms. The Morgan fingerprint density at radius 3 is 2.48 bits per heavy atom. The van der Waals surface area contributed by atoms with Crippen LogP contribution in [0.5, 0.6) is 17.2 Å². The van der Waals surface area contributed by atoms with Crippen LogP contribution in [0, 0.1) is 13.0 Å². The molecule has 0 spiro atoms. The predicted octanol–water partition coefficient (Wildman–Crippen LogP) is 6.52. The van der Waals surface area contributed by atoms with Crippen molar-refractivity contribution in [1.82, 2.24) is 4.57 Å². The molecule has 240 valence electrons. The Kier molecular flexibility index (Phi) is 10.9. The quantitative estimate of drug-likeness (QED) is 0.133. The Bertz CT molecular complexity index is 2000. The van der Waals surface area contributed by atoms with Crippen molar-refractivity contribution >= 4 is 68.6 Å². The van der Waals surface area contributed by atoms with Crippen molar-refractivity contribution in [3.8, 4) is 17.2 Å². The van der Waals surface area contributed by atoms with Crippen LogP contribution in [-0.2, 0) is 16.1 Å². The van der Waals surface area contributed by atoms with Gasteiger partial charge in [-0.2, -0.15) is 0 Å². The van der Waals surface area contributed by atoms with Crippen molar-refractivity contribution in [3.63, 3.8) is 0 Å². The molecule has 0 amide bonds. The molecule has 3 aromatic carbocycles. The maximum Gasteiger partial charge on any atom is 0.338 e. The lowest BCUT2D eigenvalue weighted by Crippen LogP contribution is -2.40. The number of rotatable bonds is 10. The molecule has 0 bridgehead atoms. The number of hydrogen-bond donors (Lipinski definition) is 0. The number of carbonyl (C=O) groups excluding carboxylic acids is 1. The molecular formula is C34H31FI2N2O6S. The minimum Gasteiger partial charge on any atom is -0.493 e. The van der Waals surface area contributed by atoms with Gasteiger partial charge in [-0.3, -0.25) is 9.36 Å². The van der Waals surface area contributed by atoms with E-state index in [0.29, 0.717) is 43.4 Å². The SMILES string of the molecule is CCOC(=O)C1=C(C)N=c2s/c(=C\c3cc(I)c(OCc4ccccc4F)c(I)c3)c(=O)n2[C@H]1c1ccc(OC(C)C)c(OC)c1. The second kappa shape index (κ2) is 14.7. The van der Waals surface area contributed by atoms with Crippen molar-refractivity contribution in [1.29, 1.82) is 0 Å². The number of benzene rings is 3. The van der Waals surface area contributed by atoms with Crippen molar-refractivity contribution in [2.75, 3.05) is 13.7 Å². The van der Waals surface area contributed by atoms with Gasteiger partial charge in [0.1, 0.15) is 18.2 Å². The average molecular weight is 869 g/mol. The molecule has 12 heteroatoms. The van der Waals surface area contributed by atoms with Crippen molar-refractivity contribution in [2.24, 2.45) is 4.99 Å². The number of allylic oxidation sites excluding steroid dienone is 1. The maximum absolute atomic E-state index is 14.1. The monoisotopic (exact) mass is 868 g/mol. The molecule has 0 aliphatic carbocycles. The van der Waals surface area contributed by atoms with Crippen LogP contribution in [0.25, 0.3) is 6.08 Å². The number of nitrogens with zero attached hydrogens (tertiary/aromatic N) is 2. The normalized spacial score (nSPS) is 14.6. The van der Waals surface area contributed by atoms with Crippen LogP contribution in [0.2, 0.25) is 0 Å². The van der Waals surface area contributed by atoms with Crippen LogP contribution in [-0.4, -0.2) is 30.4 Å². The summed E-state index contributed by atoms with van der Waals surface area (Å²) in [5.41, 5.74) is 2.35. The Morgan fingerprint density at radius 1 is 1.11 bits per heavy atom. The summed E-state index contributed by atoms with van der Waals surface area (Å²) in [5.74, 6) is 0.805. The van der Waals surface area contributed by atoms with Gasteiger partial charge in [0.25, 0.3) is 5.56 Å². The number of thiazole rings is 1. The summed E-state index contributed by atoms with van der Waals surface area (Å²) in [5, 5.41) is 0. The first-order chi connectivity index (χ1) is 22.0.